The van der Waals surface area contributed by atoms with Crippen molar-refractivity contribution in [1.29, 1.82) is 0 Å². The second-order valence-electron chi connectivity index (χ2n) is 5.29. The topological polar surface area (TPSA) is 0 Å². The van der Waals surface area contributed by atoms with Crippen LogP contribution in [0.25, 0.3) is 0 Å². The van der Waals surface area contributed by atoms with E-state index >= 15 is 0 Å². The van der Waals surface area contributed by atoms with Gasteiger partial charge in [-0.3, -0.25) is 0 Å². The molecule has 0 aromatic rings. The van der Waals surface area contributed by atoms with Gasteiger partial charge >= 0.3 is 0 Å². The second-order valence-corrected chi connectivity index (χ2v) is 13.9. The SMILES string of the molecule is CCCSCCSCCSCCSCCSCCSCCSCCC. The Hall–Kier alpha value is 2.45. The van der Waals surface area contributed by atoms with Crippen LogP contribution in [0, 0.1) is 0 Å². The summed E-state index contributed by atoms with van der Waals surface area (Å²) >= 11 is 14.9. The Morgan fingerprint density at radius 1 is 0.280 bits per heavy atom. The largest absolute Gasteiger partial charge is 0.161 e. The van der Waals surface area contributed by atoms with Gasteiger partial charge in [0.15, 0.2) is 0 Å². The van der Waals surface area contributed by atoms with Crippen LogP contribution < -0.4 is 0 Å². The van der Waals surface area contributed by atoms with Gasteiger partial charge in [0, 0.05) is 69.0 Å². The summed E-state index contributed by atoms with van der Waals surface area (Å²) in [6.45, 7) is 4.53. The Morgan fingerprint density at radius 3 is 0.600 bits per heavy atom. The molecule has 0 rings (SSSR count). The van der Waals surface area contributed by atoms with Crippen molar-refractivity contribution in [2.24, 2.45) is 0 Å². The highest BCUT2D eigenvalue weighted by atomic mass is 32.2. The monoisotopic (exact) mass is 478 g/mol. The average Bonchev–Trinajstić information content (AvgIpc) is 2.63. The molecule has 0 amide bonds. The molecule has 0 N–H and O–H groups in total. The van der Waals surface area contributed by atoms with Gasteiger partial charge in [-0.25, -0.2) is 0 Å². The molecule has 25 heavy (non-hydrogen) atoms. The second kappa shape index (κ2) is 26.4. The molecular formula is C18H38S7. The first-order chi connectivity index (χ1) is 12.4. The van der Waals surface area contributed by atoms with E-state index in [1.54, 1.807) is 0 Å². The highest BCUT2D eigenvalue weighted by molar-refractivity contribution is 8.06. The van der Waals surface area contributed by atoms with E-state index in [0.29, 0.717) is 0 Å². The quantitative estimate of drug-likeness (QED) is 0.153. The van der Waals surface area contributed by atoms with E-state index in [2.05, 4.69) is 96.2 Å². The van der Waals surface area contributed by atoms with Crippen LogP contribution in [-0.2, 0) is 0 Å². The molecule has 0 aromatic carbocycles. The third kappa shape index (κ3) is 26.4. The van der Waals surface area contributed by atoms with E-state index in [-0.39, 0.29) is 0 Å². The van der Waals surface area contributed by atoms with Crippen molar-refractivity contribution in [1.82, 2.24) is 0 Å². The zero-order chi connectivity index (χ0) is 18.3. The fourth-order valence-electron chi connectivity index (χ4n) is 1.71. The Kier molecular flexibility index (Phi) is 29.0. The summed E-state index contributed by atoms with van der Waals surface area (Å²) in [4.78, 5) is 0. The van der Waals surface area contributed by atoms with Gasteiger partial charge in [-0.15, -0.1) is 0 Å². The van der Waals surface area contributed by atoms with Gasteiger partial charge in [0.05, 0.1) is 0 Å². The molecule has 0 atom stereocenters. The maximum absolute atomic E-state index is 2.27. The molecule has 0 spiro atoms. The minimum Gasteiger partial charge on any atom is -0.161 e. The predicted molar refractivity (Wildman–Crippen MR) is 142 cm³/mol. The molecule has 0 aliphatic rings. The fraction of sp³-hybridized carbons (Fsp3) is 1.00. The average molecular weight is 479 g/mol. The van der Waals surface area contributed by atoms with Crippen molar-refractivity contribution >= 4 is 82.3 Å². The number of hydrogen-bond acceptors (Lipinski definition) is 7. The minimum absolute atomic E-state index is 1.32. The van der Waals surface area contributed by atoms with Crippen LogP contribution >= 0.6 is 82.3 Å². The summed E-state index contributed by atoms with van der Waals surface area (Å²) in [6.07, 6.45) is 2.64. The molecule has 0 radical (unpaired) electrons. The van der Waals surface area contributed by atoms with Crippen LogP contribution in [0.15, 0.2) is 0 Å². The van der Waals surface area contributed by atoms with E-state index in [0.717, 1.165) is 0 Å². The number of hydrogen-bond donors (Lipinski definition) is 0. The molecule has 0 heterocycles. The summed E-state index contributed by atoms with van der Waals surface area (Å²) < 4.78 is 0. The molecule has 0 unspecified atom stereocenters. The van der Waals surface area contributed by atoms with Gasteiger partial charge in [0.1, 0.15) is 0 Å². The molecule has 0 bridgehead atoms. The standard InChI is InChI=1S/C18H38S7/c1-3-5-19-7-9-21-11-13-23-15-17-25-18-16-24-14-12-22-10-8-20-6-4-2/h3-18H2,1-2H3. The Labute approximate surface area is 188 Å². The first kappa shape index (κ1) is 27.5. The van der Waals surface area contributed by atoms with E-state index in [1.165, 1.54) is 93.4 Å². The normalized spacial score (nSPS) is 11.3. The van der Waals surface area contributed by atoms with Crippen LogP contribution in [0.2, 0.25) is 0 Å². The van der Waals surface area contributed by atoms with Crippen molar-refractivity contribution in [3.63, 3.8) is 0 Å². The van der Waals surface area contributed by atoms with Crippen LogP contribution in [0.1, 0.15) is 26.7 Å². The fourth-order valence-corrected chi connectivity index (χ4v) is 9.37. The molecular weight excluding hydrogens is 441 g/mol. The summed E-state index contributed by atoms with van der Waals surface area (Å²) in [6, 6.07) is 0. The van der Waals surface area contributed by atoms with Crippen molar-refractivity contribution in [3.05, 3.63) is 0 Å². The van der Waals surface area contributed by atoms with Gasteiger partial charge in [0.25, 0.3) is 0 Å². The highest BCUT2D eigenvalue weighted by Gasteiger charge is 1.95. The van der Waals surface area contributed by atoms with E-state index < -0.39 is 0 Å². The zero-order valence-corrected chi connectivity index (χ0v) is 21.9. The maximum Gasteiger partial charge on any atom is 0.00238 e. The van der Waals surface area contributed by atoms with Crippen LogP contribution in [0.3, 0.4) is 0 Å². The van der Waals surface area contributed by atoms with Gasteiger partial charge in [-0.2, -0.15) is 82.3 Å². The molecule has 152 valence electrons. The van der Waals surface area contributed by atoms with Crippen molar-refractivity contribution in [3.8, 4) is 0 Å². The molecule has 0 nitrogen and oxygen atoms in total. The first-order valence-corrected chi connectivity index (χ1v) is 17.5. The smallest absolute Gasteiger partial charge is 0.00238 e. The molecule has 0 saturated carbocycles. The molecule has 0 aliphatic carbocycles. The summed E-state index contributed by atoms with van der Waals surface area (Å²) in [5.74, 6) is 18.7. The van der Waals surface area contributed by atoms with Crippen molar-refractivity contribution in [2.75, 3.05) is 80.5 Å². The lowest BCUT2D eigenvalue weighted by Crippen LogP contribution is -1.95. The zero-order valence-electron chi connectivity index (χ0n) is 16.2. The first-order valence-electron chi connectivity index (χ1n) is 9.46. The highest BCUT2D eigenvalue weighted by Crippen LogP contribution is 2.14. The molecule has 0 saturated heterocycles. The summed E-state index contributed by atoms with van der Waals surface area (Å²) in [5, 5.41) is 0. The molecule has 0 aliphatic heterocycles. The lowest BCUT2D eigenvalue weighted by atomic mass is 10.6. The number of thioether (sulfide) groups is 7. The lowest BCUT2D eigenvalue weighted by molar-refractivity contribution is 1.11. The predicted octanol–water partition coefficient (Wildman–Crippen LogP) is 6.94. The Bertz CT molecular complexity index is 207. The van der Waals surface area contributed by atoms with Crippen LogP contribution in [-0.4, -0.2) is 80.5 Å². The van der Waals surface area contributed by atoms with Gasteiger partial charge in [-0.05, 0) is 24.3 Å². The summed E-state index contributed by atoms with van der Waals surface area (Å²) in [5.41, 5.74) is 0. The maximum atomic E-state index is 2.27. The summed E-state index contributed by atoms with van der Waals surface area (Å²) in [7, 11) is 0. The third-order valence-electron chi connectivity index (χ3n) is 2.93. The van der Waals surface area contributed by atoms with Gasteiger partial charge < -0.3 is 0 Å². The molecule has 0 aromatic heterocycles. The van der Waals surface area contributed by atoms with Gasteiger partial charge in [0.2, 0.25) is 0 Å². The minimum atomic E-state index is 1.32. The third-order valence-corrected chi connectivity index (χ3v) is 11.8. The Morgan fingerprint density at radius 2 is 0.440 bits per heavy atom. The van der Waals surface area contributed by atoms with E-state index in [1.807, 2.05) is 0 Å². The Balaban J connectivity index is 2.94. The van der Waals surface area contributed by atoms with Crippen LogP contribution in [0.4, 0.5) is 0 Å². The van der Waals surface area contributed by atoms with Gasteiger partial charge in [-0.1, -0.05) is 13.8 Å². The van der Waals surface area contributed by atoms with Crippen molar-refractivity contribution < 1.29 is 0 Å². The van der Waals surface area contributed by atoms with E-state index in [9.17, 15) is 0 Å². The molecule has 7 heteroatoms. The van der Waals surface area contributed by atoms with Crippen molar-refractivity contribution in [2.45, 2.75) is 26.7 Å². The lowest BCUT2D eigenvalue weighted by Gasteiger charge is -2.04. The molecule has 0 fully saturated rings. The number of rotatable bonds is 22. The van der Waals surface area contributed by atoms with E-state index in [4.69, 9.17) is 0 Å². The van der Waals surface area contributed by atoms with Crippen LogP contribution in [0.5, 0.6) is 0 Å².